The lowest BCUT2D eigenvalue weighted by atomic mass is 10.1. The number of fused-ring (bicyclic) bond motifs is 1. The van der Waals surface area contributed by atoms with Gasteiger partial charge in [-0.1, -0.05) is 0 Å². The highest BCUT2D eigenvalue weighted by molar-refractivity contribution is 5.94. The Balaban J connectivity index is 0.000000720. The van der Waals surface area contributed by atoms with E-state index in [1.54, 1.807) is 18.3 Å². The largest absolute Gasteiger partial charge is 0.348 e. The van der Waals surface area contributed by atoms with E-state index in [9.17, 15) is 4.79 Å². The van der Waals surface area contributed by atoms with E-state index < -0.39 is 0 Å². The zero-order chi connectivity index (χ0) is 7.84. The van der Waals surface area contributed by atoms with E-state index >= 15 is 0 Å². The fraction of sp³-hybridized carbons (Fsp3) is 0.429. The van der Waals surface area contributed by atoms with Crippen molar-refractivity contribution in [2.75, 3.05) is 13.6 Å². The van der Waals surface area contributed by atoms with Gasteiger partial charge in [-0.3, -0.25) is 4.79 Å². The van der Waals surface area contributed by atoms with Gasteiger partial charge in [0.25, 0.3) is 5.91 Å². The third kappa shape index (κ3) is 0.824. The van der Waals surface area contributed by atoms with E-state index in [0.29, 0.717) is 5.69 Å². The summed E-state index contributed by atoms with van der Waals surface area (Å²) in [6.45, 7) is 0.786. The first-order chi connectivity index (χ1) is 5.29. The van der Waals surface area contributed by atoms with E-state index in [2.05, 4.69) is 9.97 Å². The number of nitrogens with zero attached hydrogens (tertiary/aromatic N) is 2. The third-order valence-electron chi connectivity index (χ3n) is 1.96. The fourth-order valence-corrected chi connectivity index (χ4v) is 1.26. The molecule has 4 heteroatoms. The Morgan fingerprint density at radius 2 is 2.64 bits per heavy atom. The Morgan fingerprint density at radius 1 is 1.82 bits per heavy atom. The number of hydrogen-bond donors (Lipinski definition) is 1. The number of rotatable bonds is 0. The Bertz CT molecular complexity index is 297. The standard InChI is InChI=1S/C7H9N3O.H2/c1-10-3-2-5-6(7(10)11)9-4-8-5;/h4H,2-3H2,1H3,(H,8,9);1H. The summed E-state index contributed by atoms with van der Waals surface area (Å²) in [4.78, 5) is 19.9. The number of likely N-dealkylation sites (N-methyl/N-ethyl adjacent to an activating group) is 1. The van der Waals surface area contributed by atoms with Gasteiger partial charge in [0.15, 0.2) is 0 Å². The van der Waals surface area contributed by atoms with Crippen molar-refractivity contribution < 1.29 is 6.22 Å². The molecule has 1 aliphatic rings. The third-order valence-corrected chi connectivity index (χ3v) is 1.96. The summed E-state index contributed by atoms with van der Waals surface area (Å²) in [5.74, 6) is 0.0208. The molecule has 0 saturated heterocycles. The van der Waals surface area contributed by atoms with Gasteiger partial charge in [-0.25, -0.2) is 4.98 Å². The van der Waals surface area contributed by atoms with Crippen molar-refractivity contribution in [1.29, 1.82) is 0 Å². The summed E-state index contributed by atoms with van der Waals surface area (Å²) >= 11 is 0. The molecule has 0 atom stereocenters. The molecule has 0 unspecified atom stereocenters. The van der Waals surface area contributed by atoms with E-state index in [1.807, 2.05) is 0 Å². The minimum atomic E-state index is 0. The van der Waals surface area contributed by atoms with E-state index in [4.69, 9.17) is 0 Å². The minimum Gasteiger partial charge on any atom is -0.348 e. The normalized spacial score (nSPS) is 16.8. The number of carbonyl (C=O) groups excluding carboxylic acids is 1. The summed E-state index contributed by atoms with van der Waals surface area (Å²) in [5.41, 5.74) is 1.55. The maximum atomic E-state index is 11.3. The molecule has 0 saturated carbocycles. The molecule has 0 fully saturated rings. The molecule has 2 rings (SSSR count). The zero-order valence-corrected chi connectivity index (χ0v) is 6.29. The monoisotopic (exact) mass is 153 g/mol. The first-order valence-corrected chi connectivity index (χ1v) is 3.57. The van der Waals surface area contributed by atoms with Crippen LogP contribution < -0.4 is 0 Å². The lowest BCUT2D eigenvalue weighted by Gasteiger charge is -2.20. The van der Waals surface area contributed by atoms with Gasteiger partial charge in [0.05, 0.1) is 6.33 Å². The van der Waals surface area contributed by atoms with Gasteiger partial charge >= 0.3 is 0 Å². The van der Waals surface area contributed by atoms with Crippen molar-refractivity contribution in [3.8, 4) is 0 Å². The predicted octanol–water partition coefficient (Wildman–Crippen LogP) is 0.284. The molecule has 0 aromatic carbocycles. The van der Waals surface area contributed by atoms with Crippen LogP contribution in [-0.4, -0.2) is 34.4 Å². The van der Waals surface area contributed by atoms with Gasteiger partial charge in [0.1, 0.15) is 5.69 Å². The number of imidazole rings is 1. The molecule has 2 heterocycles. The van der Waals surface area contributed by atoms with E-state index in [-0.39, 0.29) is 7.33 Å². The molecule has 0 aliphatic carbocycles. The van der Waals surface area contributed by atoms with Crippen LogP contribution in [0.3, 0.4) is 0 Å². The van der Waals surface area contributed by atoms with E-state index in [0.717, 1.165) is 18.7 Å². The molecule has 4 nitrogen and oxygen atoms in total. The number of amides is 1. The van der Waals surface area contributed by atoms with Crippen molar-refractivity contribution in [3.63, 3.8) is 0 Å². The quantitative estimate of drug-likeness (QED) is 0.582. The van der Waals surface area contributed by atoms with Crippen LogP contribution in [0.1, 0.15) is 17.6 Å². The Hall–Kier alpha value is -1.32. The van der Waals surface area contributed by atoms with Gasteiger partial charge in [0.2, 0.25) is 0 Å². The number of nitrogens with one attached hydrogen (secondary N) is 1. The van der Waals surface area contributed by atoms with Gasteiger partial charge < -0.3 is 9.88 Å². The molecule has 1 aromatic rings. The molecular formula is C7H11N3O. The van der Waals surface area contributed by atoms with Gasteiger partial charge in [0, 0.05) is 27.1 Å². The zero-order valence-electron chi connectivity index (χ0n) is 6.29. The first kappa shape index (κ1) is 6.39. The molecule has 1 N–H and O–H groups in total. The molecule has 1 amide bonds. The SMILES string of the molecule is CN1CCc2[nH]cnc2C1=O.[HH]. The van der Waals surface area contributed by atoms with Crippen LogP contribution in [0.2, 0.25) is 0 Å². The minimum absolute atomic E-state index is 0. The second-order valence-corrected chi connectivity index (χ2v) is 2.71. The summed E-state index contributed by atoms with van der Waals surface area (Å²) in [7, 11) is 1.79. The highest BCUT2D eigenvalue weighted by Gasteiger charge is 2.23. The lowest BCUT2D eigenvalue weighted by Crippen LogP contribution is -2.34. The van der Waals surface area contributed by atoms with Crippen LogP contribution in [0.15, 0.2) is 6.33 Å². The topological polar surface area (TPSA) is 49.0 Å². The van der Waals surface area contributed by atoms with Crippen LogP contribution in [0, 0.1) is 0 Å². The highest BCUT2D eigenvalue weighted by Crippen LogP contribution is 2.12. The van der Waals surface area contributed by atoms with Gasteiger partial charge in [-0.15, -0.1) is 0 Å². The Labute approximate surface area is 65.7 Å². The molecule has 0 spiro atoms. The van der Waals surface area contributed by atoms with E-state index in [1.165, 1.54) is 0 Å². The van der Waals surface area contributed by atoms with Gasteiger partial charge in [-0.2, -0.15) is 0 Å². The molecule has 60 valence electrons. The summed E-state index contributed by atoms with van der Waals surface area (Å²) in [5, 5.41) is 0. The molecule has 0 radical (unpaired) electrons. The van der Waals surface area contributed by atoms with Crippen molar-refractivity contribution in [2.45, 2.75) is 6.42 Å². The summed E-state index contributed by atoms with van der Waals surface area (Å²) < 4.78 is 0. The number of aromatic nitrogens is 2. The second-order valence-electron chi connectivity index (χ2n) is 2.71. The van der Waals surface area contributed by atoms with Crippen molar-refractivity contribution >= 4 is 5.91 Å². The molecule has 0 bridgehead atoms. The van der Waals surface area contributed by atoms with Crippen LogP contribution in [0.25, 0.3) is 0 Å². The van der Waals surface area contributed by atoms with Crippen LogP contribution >= 0.6 is 0 Å². The number of H-pyrrole nitrogens is 1. The average Bonchev–Trinajstić information content (AvgIpc) is 2.45. The number of hydrogen-bond acceptors (Lipinski definition) is 2. The lowest BCUT2D eigenvalue weighted by molar-refractivity contribution is 0.0774. The second kappa shape index (κ2) is 2.08. The molecule has 1 aliphatic heterocycles. The summed E-state index contributed by atoms with van der Waals surface area (Å²) in [6.07, 6.45) is 2.46. The predicted molar refractivity (Wildman–Crippen MR) is 41.4 cm³/mol. The maximum Gasteiger partial charge on any atom is 0.274 e. The Kier molecular flexibility index (Phi) is 1.21. The van der Waals surface area contributed by atoms with Crippen molar-refractivity contribution in [2.24, 2.45) is 0 Å². The van der Waals surface area contributed by atoms with Crippen molar-refractivity contribution in [3.05, 3.63) is 17.7 Å². The molecule has 1 aromatic heterocycles. The number of aromatic amines is 1. The van der Waals surface area contributed by atoms with Crippen molar-refractivity contribution in [1.82, 2.24) is 14.9 Å². The molecular weight excluding hydrogens is 142 g/mol. The summed E-state index contributed by atoms with van der Waals surface area (Å²) in [6, 6.07) is 0. The smallest absolute Gasteiger partial charge is 0.274 e. The van der Waals surface area contributed by atoms with Crippen LogP contribution in [0.4, 0.5) is 0 Å². The average molecular weight is 153 g/mol. The Morgan fingerprint density at radius 3 is 3.45 bits per heavy atom. The molecule has 11 heavy (non-hydrogen) atoms. The number of carbonyl (C=O) groups is 1. The fourth-order valence-electron chi connectivity index (χ4n) is 1.26. The van der Waals surface area contributed by atoms with Crippen LogP contribution in [0.5, 0.6) is 0 Å². The highest BCUT2D eigenvalue weighted by atomic mass is 16.2. The van der Waals surface area contributed by atoms with Crippen LogP contribution in [-0.2, 0) is 6.42 Å². The first-order valence-electron chi connectivity index (χ1n) is 3.57. The van der Waals surface area contributed by atoms with Gasteiger partial charge in [-0.05, 0) is 0 Å². The maximum absolute atomic E-state index is 11.3.